The molecule has 0 aliphatic carbocycles. The maximum Gasteiger partial charge on any atom is 0.290 e. The first kappa shape index (κ1) is 22.4. The minimum Gasteiger partial charge on any atom is -0.469 e. The first-order valence-corrected chi connectivity index (χ1v) is 12.2. The molecule has 0 unspecified atom stereocenters. The number of ether oxygens (including phenoxy) is 1. The molecular formula is C25H21N5O5S. The highest BCUT2D eigenvalue weighted by Gasteiger charge is 2.54. The molecule has 0 bridgehead atoms. The molecule has 3 aromatic rings. The number of aromatic nitrogens is 2. The van der Waals surface area contributed by atoms with Gasteiger partial charge in [0.1, 0.15) is 12.4 Å². The van der Waals surface area contributed by atoms with Gasteiger partial charge in [-0.15, -0.1) is 0 Å². The number of likely N-dealkylation sites (tertiary alicyclic amines) is 1. The van der Waals surface area contributed by atoms with Gasteiger partial charge in [0.05, 0.1) is 16.9 Å². The predicted octanol–water partition coefficient (Wildman–Crippen LogP) is 2.93. The zero-order chi connectivity index (χ0) is 24.7. The number of rotatable bonds is 6. The lowest BCUT2D eigenvalue weighted by molar-refractivity contribution is -0.115. The Hall–Kier alpha value is -4.12. The summed E-state index contributed by atoms with van der Waals surface area (Å²) in [6.45, 7) is 2.96. The van der Waals surface area contributed by atoms with Crippen molar-refractivity contribution < 1.29 is 23.5 Å². The van der Waals surface area contributed by atoms with Crippen LogP contribution in [0.25, 0.3) is 6.08 Å². The van der Waals surface area contributed by atoms with Gasteiger partial charge in [-0.1, -0.05) is 18.2 Å². The smallest absolute Gasteiger partial charge is 0.290 e. The number of carbonyl (C=O) groups is 3. The molecule has 10 nitrogen and oxygen atoms in total. The highest BCUT2D eigenvalue weighted by molar-refractivity contribution is 8.18. The quantitative estimate of drug-likeness (QED) is 0.507. The Morgan fingerprint density at radius 2 is 1.92 bits per heavy atom. The average molecular weight is 504 g/mol. The van der Waals surface area contributed by atoms with Crippen LogP contribution in [0.5, 0.6) is 5.88 Å². The van der Waals surface area contributed by atoms with Crippen molar-refractivity contribution in [2.75, 3.05) is 31.1 Å². The van der Waals surface area contributed by atoms with E-state index in [9.17, 15) is 14.4 Å². The Morgan fingerprint density at radius 1 is 1.11 bits per heavy atom. The molecule has 182 valence electrons. The third-order valence-electron chi connectivity index (χ3n) is 6.27. The lowest BCUT2D eigenvalue weighted by Gasteiger charge is -2.60. The van der Waals surface area contributed by atoms with Gasteiger partial charge in [0.15, 0.2) is 0 Å². The lowest BCUT2D eigenvalue weighted by atomic mass is 9.72. The maximum absolute atomic E-state index is 12.7. The van der Waals surface area contributed by atoms with Crippen LogP contribution in [-0.2, 0) is 11.4 Å². The number of amides is 3. The van der Waals surface area contributed by atoms with Gasteiger partial charge in [-0.05, 0) is 42.1 Å². The zero-order valence-corrected chi connectivity index (χ0v) is 19.9. The minimum atomic E-state index is -0.455. The fraction of sp³-hybridized carbons (Fsp3) is 0.240. The van der Waals surface area contributed by atoms with Crippen LogP contribution < -0.4 is 15.0 Å². The van der Waals surface area contributed by atoms with Crippen molar-refractivity contribution in [1.82, 2.24) is 20.2 Å². The molecule has 0 atom stereocenters. The van der Waals surface area contributed by atoms with Gasteiger partial charge >= 0.3 is 0 Å². The summed E-state index contributed by atoms with van der Waals surface area (Å²) in [5.74, 6) is 1.02. The number of hydrogen-bond donors (Lipinski definition) is 1. The number of nitrogens with one attached hydrogen (secondary N) is 1. The molecule has 36 heavy (non-hydrogen) atoms. The van der Waals surface area contributed by atoms with Crippen LogP contribution in [0.1, 0.15) is 21.8 Å². The second-order valence-corrected chi connectivity index (χ2v) is 10.0. The first-order valence-electron chi connectivity index (χ1n) is 11.3. The Labute approximate surface area is 210 Å². The molecule has 1 N–H and O–H groups in total. The van der Waals surface area contributed by atoms with E-state index in [1.165, 1.54) is 0 Å². The van der Waals surface area contributed by atoms with E-state index in [4.69, 9.17) is 9.15 Å². The van der Waals surface area contributed by atoms with E-state index in [2.05, 4.69) is 15.3 Å². The molecule has 3 aliphatic rings. The number of carbonyl (C=O) groups excluding carboxylic acids is 3. The molecule has 3 saturated heterocycles. The molecule has 3 fully saturated rings. The molecule has 0 radical (unpaired) electrons. The molecule has 1 aromatic carbocycles. The van der Waals surface area contributed by atoms with Gasteiger partial charge in [-0.25, -0.2) is 4.98 Å². The molecule has 3 aliphatic heterocycles. The molecular weight excluding hydrogens is 482 g/mol. The van der Waals surface area contributed by atoms with Gasteiger partial charge in [0.2, 0.25) is 11.8 Å². The minimum absolute atomic E-state index is 0.0189. The third-order valence-corrected chi connectivity index (χ3v) is 7.08. The van der Waals surface area contributed by atoms with Crippen LogP contribution in [0.4, 0.5) is 10.7 Å². The lowest BCUT2D eigenvalue weighted by Crippen LogP contribution is -2.73. The van der Waals surface area contributed by atoms with Crippen LogP contribution in [0.2, 0.25) is 0 Å². The number of imide groups is 1. The van der Waals surface area contributed by atoms with Crippen molar-refractivity contribution in [2.24, 2.45) is 5.41 Å². The number of thioether (sulfide) groups is 1. The monoisotopic (exact) mass is 503 g/mol. The number of anilines is 1. The summed E-state index contributed by atoms with van der Waals surface area (Å²) in [5, 5.41) is 1.83. The van der Waals surface area contributed by atoms with E-state index in [0.29, 0.717) is 55.0 Å². The molecule has 5 heterocycles. The highest BCUT2D eigenvalue weighted by Crippen LogP contribution is 2.42. The van der Waals surface area contributed by atoms with Gasteiger partial charge in [-0.3, -0.25) is 19.7 Å². The van der Waals surface area contributed by atoms with Crippen molar-refractivity contribution in [3.63, 3.8) is 0 Å². The van der Waals surface area contributed by atoms with E-state index in [0.717, 1.165) is 11.8 Å². The standard InChI is InChI=1S/C25H21N5O5S/c31-21-19(36-24(33)28-21)9-17-10-20(35-11-18-7-4-8-34-18)27-23(26-17)30-14-25(15-30)12-29(13-25)22(32)16-5-2-1-3-6-16/h1-10H,11-15H2,(H,28,31,33)/b19-9-. The fourth-order valence-corrected chi connectivity index (χ4v) is 5.26. The van der Waals surface area contributed by atoms with Gasteiger partial charge in [-0.2, -0.15) is 4.98 Å². The fourth-order valence-electron chi connectivity index (χ4n) is 4.59. The van der Waals surface area contributed by atoms with Gasteiger partial charge in [0, 0.05) is 43.2 Å². The number of hydrogen-bond acceptors (Lipinski definition) is 9. The van der Waals surface area contributed by atoms with Crippen molar-refractivity contribution in [3.8, 4) is 5.88 Å². The Bertz CT molecular complexity index is 1360. The predicted molar refractivity (Wildman–Crippen MR) is 131 cm³/mol. The van der Waals surface area contributed by atoms with Crippen LogP contribution in [0.3, 0.4) is 0 Å². The van der Waals surface area contributed by atoms with Crippen molar-refractivity contribution in [1.29, 1.82) is 0 Å². The maximum atomic E-state index is 12.7. The molecule has 6 rings (SSSR count). The topological polar surface area (TPSA) is 118 Å². The van der Waals surface area contributed by atoms with E-state index in [1.807, 2.05) is 40.1 Å². The van der Waals surface area contributed by atoms with E-state index >= 15 is 0 Å². The van der Waals surface area contributed by atoms with Gasteiger partial charge in [0.25, 0.3) is 17.1 Å². The molecule has 3 amide bonds. The Balaban J connectivity index is 1.17. The van der Waals surface area contributed by atoms with E-state index in [1.54, 1.807) is 30.5 Å². The number of furan rings is 1. The van der Waals surface area contributed by atoms with Crippen LogP contribution in [0.15, 0.2) is 64.1 Å². The van der Waals surface area contributed by atoms with E-state index in [-0.39, 0.29) is 22.8 Å². The summed E-state index contributed by atoms with van der Waals surface area (Å²) in [6, 6.07) is 14.5. The van der Waals surface area contributed by atoms with Gasteiger partial charge < -0.3 is 19.0 Å². The Morgan fingerprint density at radius 3 is 2.61 bits per heavy atom. The second-order valence-electron chi connectivity index (χ2n) is 9.03. The number of benzene rings is 1. The zero-order valence-electron chi connectivity index (χ0n) is 19.0. The summed E-state index contributed by atoms with van der Waals surface area (Å²) in [5.41, 5.74) is 1.17. The van der Waals surface area contributed by atoms with Crippen LogP contribution >= 0.6 is 11.8 Å². The Kier molecular flexibility index (Phi) is 5.48. The summed E-state index contributed by atoms with van der Waals surface area (Å²) in [6.07, 6.45) is 3.12. The molecule has 2 aromatic heterocycles. The van der Waals surface area contributed by atoms with Crippen LogP contribution in [0, 0.1) is 5.41 Å². The summed E-state index contributed by atoms with van der Waals surface area (Å²) < 4.78 is 11.1. The first-order chi connectivity index (χ1) is 17.5. The molecule has 11 heteroatoms. The number of nitrogens with zero attached hydrogens (tertiary/aromatic N) is 4. The summed E-state index contributed by atoms with van der Waals surface area (Å²) >= 11 is 0.828. The van der Waals surface area contributed by atoms with E-state index < -0.39 is 11.1 Å². The average Bonchev–Trinajstić information content (AvgIpc) is 3.45. The summed E-state index contributed by atoms with van der Waals surface area (Å²) in [4.78, 5) is 49.5. The van der Waals surface area contributed by atoms with Crippen molar-refractivity contribution in [2.45, 2.75) is 6.61 Å². The van der Waals surface area contributed by atoms with Crippen molar-refractivity contribution in [3.05, 3.63) is 76.7 Å². The largest absolute Gasteiger partial charge is 0.469 e. The molecule has 0 saturated carbocycles. The second kappa shape index (κ2) is 8.83. The highest BCUT2D eigenvalue weighted by atomic mass is 32.2. The summed E-state index contributed by atoms with van der Waals surface area (Å²) in [7, 11) is 0. The third kappa shape index (κ3) is 4.33. The van der Waals surface area contributed by atoms with Crippen molar-refractivity contribution >= 4 is 40.8 Å². The molecule has 1 spiro atoms. The normalized spacial score (nSPS) is 19.3. The SMILES string of the molecule is O=C1NC(=O)/C(=C/c2cc(OCc3ccco3)nc(N3CC4(CN(C(=O)c5ccccc5)C4)C3)n2)S1. The van der Waals surface area contributed by atoms with Crippen LogP contribution in [-0.4, -0.2) is 58.1 Å².